The molecule has 0 fully saturated rings. The summed E-state index contributed by atoms with van der Waals surface area (Å²) in [5.41, 5.74) is 6.06. The van der Waals surface area contributed by atoms with E-state index in [4.69, 9.17) is 15.7 Å². The number of para-hydroxylation sites is 1. The van der Waals surface area contributed by atoms with Gasteiger partial charge in [-0.2, -0.15) is 0 Å². The van der Waals surface area contributed by atoms with Gasteiger partial charge in [0.1, 0.15) is 5.75 Å². The number of aliphatic carboxylic acids is 2. The van der Waals surface area contributed by atoms with Crippen molar-refractivity contribution in [1.29, 1.82) is 0 Å². The van der Waals surface area contributed by atoms with Gasteiger partial charge in [0.2, 0.25) is 5.66 Å². The van der Waals surface area contributed by atoms with E-state index in [1.807, 2.05) is 0 Å². The van der Waals surface area contributed by atoms with Gasteiger partial charge < -0.3 is 15.3 Å². The van der Waals surface area contributed by atoms with Crippen molar-refractivity contribution < 1.29 is 24.9 Å². The van der Waals surface area contributed by atoms with Crippen LogP contribution < -0.4 is 0 Å². The highest BCUT2D eigenvalue weighted by Gasteiger charge is 2.39. The Balaban J connectivity index is 3.25. The van der Waals surface area contributed by atoms with Crippen molar-refractivity contribution >= 4 is 18.2 Å². The molecule has 104 valence electrons. The number of carbonyl (C=O) groups is 2. The largest absolute Gasteiger partial charge is 0.507 e. The first-order chi connectivity index (χ1) is 9.41. The second-order valence-corrected chi connectivity index (χ2v) is 3.70. The molecular formula is C11H10N4O5. The van der Waals surface area contributed by atoms with Crippen LogP contribution in [-0.4, -0.2) is 39.1 Å². The van der Waals surface area contributed by atoms with Crippen LogP contribution in [0.4, 0.5) is 0 Å². The minimum atomic E-state index is -2.50. The lowest BCUT2D eigenvalue weighted by atomic mass is 10.1. The number of phenolic OH excluding ortho intramolecular Hbond substituents is 1. The third-order valence-electron chi connectivity index (χ3n) is 2.30. The minimum Gasteiger partial charge on any atom is -0.507 e. The molecule has 0 aliphatic carbocycles. The van der Waals surface area contributed by atoms with Gasteiger partial charge in [0, 0.05) is 16.7 Å². The average molecular weight is 278 g/mol. The van der Waals surface area contributed by atoms with Gasteiger partial charge in [-0.05, 0) is 17.7 Å². The van der Waals surface area contributed by atoms with E-state index >= 15 is 0 Å². The number of hydrogen-bond acceptors (Lipinski definition) is 5. The molecule has 0 amide bonds. The van der Waals surface area contributed by atoms with E-state index in [0.29, 0.717) is 0 Å². The number of aliphatic imine (C=N–C) groups is 1. The van der Waals surface area contributed by atoms with Crippen LogP contribution in [0.3, 0.4) is 0 Å². The Morgan fingerprint density at radius 3 is 2.50 bits per heavy atom. The molecule has 0 heterocycles. The lowest BCUT2D eigenvalue weighted by Gasteiger charge is -2.16. The van der Waals surface area contributed by atoms with Gasteiger partial charge >= 0.3 is 11.9 Å². The Hall–Kier alpha value is -3.06. The van der Waals surface area contributed by atoms with E-state index in [1.165, 1.54) is 12.1 Å². The van der Waals surface area contributed by atoms with Crippen molar-refractivity contribution in [1.82, 2.24) is 0 Å². The molecule has 9 heteroatoms. The minimum absolute atomic E-state index is 0.164. The summed E-state index contributed by atoms with van der Waals surface area (Å²) >= 11 is 0. The maximum Gasteiger partial charge on any atom is 0.338 e. The molecule has 0 bridgehead atoms. The fourth-order valence-electron chi connectivity index (χ4n) is 1.34. The zero-order chi connectivity index (χ0) is 15.2. The molecule has 9 nitrogen and oxygen atoms in total. The summed E-state index contributed by atoms with van der Waals surface area (Å²) < 4.78 is 0. The first-order valence-electron chi connectivity index (χ1n) is 5.26. The maximum atomic E-state index is 11.1. The summed E-state index contributed by atoms with van der Waals surface area (Å²) in [4.78, 5) is 27.7. The third kappa shape index (κ3) is 3.47. The van der Waals surface area contributed by atoms with Crippen LogP contribution in [0.25, 0.3) is 10.4 Å². The number of benzene rings is 1. The number of phenols is 1. The van der Waals surface area contributed by atoms with Crippen molar-refractivity contribution in [3.8, 4) is 5.75 Å². The van der Waals surface area contributed by atoms with Crippen LogP contribution in [0.1, 0.15) is 12.0 Å². The molecule has 0 saturated heterocycles. The summed E-state index contributed by atoms with van der Waals surface area (Å²) in [5.74, 6) is -3.37. The first-order valence-corrected chi connectivity index (χ1v) is 5.26. The Morgan fingerprint density at radius 2 is 2.00 bits per heavy atom. The summed E-state index contributed by atoms with van der Waals surface area (Å²) in [6.07, 6.45) is -0.0719. The van der Waals surface area contributed by atoms with Crippen LogP contribution in [0, 0.1) is 0 Å². The summed E-state index contributed by atoms with van der Waals surface area (Å²) in [6, 6.07) is 5.88. The van der Waals surface area contributed by atoms with E-state index in [-0.39, 0.29) is 11.3 Å². The fourth-order valence-corrected chi connectivity index (χ4v) is 1.34. The highest BCUT2D eigenvalue weighted by molar-refractivity contribution is 5.90. The van der Waals surface area contributed by atoms with Crippen molar-refractivity contribution in [3.63, 3.8) is 0 Å². The van der Waals surface area contributed by atoms with Crippen LogP contribution >= 0.6 is 0 Å². The maximum absolute atomic E-state index is 11.1. The van der Waals surface area contributed by atoms with Gasteiger partial charge in [-0.1, -0.05) is 17.2 Å². The molecule has 0 radical (unpaired) electrons. The van der Waals surface area contributed by atoms with Gasteiger partial charge in [0.25, 0.3) is 0 Å². The van der Waals surface area contributed by atoms with E-state index in [1.54, 1.807) is 12.1 Å². The third-order valence-corrected chi connectivity index (χ3v) is 2.30. The number of nitrogens with zero attached hydrogens (tertiary/aromatic N) is 4. The highest BCUT2D eigenvalue weighted by atomic mass is 16.4. The van der Waals surface area contributed by atoms with Crippen LogP contribution in [0.15, 0.2) is 34.4 Å². The first kappa shape index (κ1) is 15.0. The zero-order valence-corrected chi connectivity index (χ0v) is 10.0. The summed E-state index contributed by atoms with van der Waals surface area (Å²) in [5, 5.41) is 30.2. The van der Waals surface area contributed by atoms with E-state index in [0.717, 1.165) is 6.21 Å². The van der Waals surface area contributed by atoms with Crippen molar-refractivity contribution in [2.75, 3.05) is 0 Å². The van der Waals surface area contributed by atoms with Gasteiger partial charge in [-0.15, -0.1) is 0 Å². The number of rotatable bonds is 6. The smallest absolute Gasteiger partial charge is 0.338 e. The van der Waals surface area contributed by atoms with E-state index < -0.39 is 24.0 Å². The van der Waals surface area contributed by atoms with Crippen molar-refractivity contribution in [2.24, 2.45) is 10.1 Å². The molecule has 1 atom stereocenters. The monoisotopic (exact) mass is 278 g/mol. The standard InChI is InChI=1S/C11H10N4O5/c12-15-14-11(10(19)20,5-9(17)18)13-6-7-3-1-2-4-8(7)16/h1-4,6,16H,5H2,(H,17,18)(H,19,20)/t11-/m1/s1. The predicted octanol–water partition coefficient (Wildman–Crippen LogP) is 1.38. The molecule has 0 aromatic heterocycles. The van der Waals surface area contributed by atoms with E-state index in [9.17, 15) is 14.7 Å². The number of hydrogen-bond donors (Lipinski definition) is 3. The second kappa shape index (κ2) is 6.21. The van der Waals surface area contributed by atoms with E-state index in [2.05, 4.69) is 15.0 Å². The Morgan fingerprint density at radius 1 is 1.35 bits per heavy atom. The molecule has 20 heavy (non-hydrogen) atoms. The van der Waals surface area contributed by atoms with Crippen LogP contribution in [0.5, 0.6) is 5.75 Å². The lowest BCUT2D eigenvalue weighted by Crippen LogP contribution is -2.36. The number of aromatic hydroxyl groups is 1. The quantitative estimate of drug-likeness (QED) is 0.310. The topological polar surface area (TPSA) is 156 Å². The molecule has 0 aliphatic rings. The number of carboxylic acids is 2. The van der Waals surface area contributed by atoms with Gasteiger partial charge in [-0.25, -0.2) is 4.79 Å². The SMILES string of the molecule is [N-]=[N+]=N[C@@](CC(=O)O)(N=Cc1ccccc1O)C(=O)O. The molecule has 3 N–H and O–H groups in total. The number of azide groups is 1. The normalized spacial score (nSPS) is 13.4. The van der Waals surface area contributed by atoms with Crippen LogP contribution in [0.2, 0.25) is 0 Å². The van der Waals surface area contributed by atoms with Gasteiger partial charge in [0.15, 0.2) is 0 Å². The summed E-state index contributed by atoms with van der Waals surface area (Å²) in [6.45, 7) is 0. The average Bonchev–Trinajstić information content (AvgIpc) is 2.37. The van der Waals surface area contributed by atoms with Gasteiger partial charge in [0.05, 0.1) is 6.42 Å². The molecule has 1 aromatic rings. The van der Waals surface area contributed by atoms with Crippen molar-refractivity contribution in [2.45, 2.75) is 12.1 Å². The zero-order valence-electron chi connectivity index (χ0n) is 10.0. The molecule has 1 aromatic carbocycles. The lowest BCUT2D eigenvalue weighted by molar-refractivity contribution is -0.149. The Bertz CT molecular complexity index is 605. The molecule has 0 unspecified atom stereocenters. The fraction of sp³-hybridized carbons (Fsp3) is 0.182. The number of carboxylic acid groups (broad SMARTS) is 2. The Kier molecular flexibility index (Phi) is 4.66. The molecule has 0 aliphatic heterocycles. The van der Waals surface area contributed by atoms with Crippen LogP contribution in [-0.2, 0) is 9.59 Å². The predicted molar refractivity (Wildman–Crippen MR) is 67.5 cm³/mol. The highest BCUT2D eigenvalue weighted by Crippen LogP contribution is 2.21. The summed E-state index contributed by atoms with van der Waals surface area (Å²) in [7, 11) is 0. The second-order valence-electron chi connectivity index (χ2n) is 3.70. The van der Waals surface area contributed by atoms with Crippen molar-refractivity contribution in [3.05, 3.63) is 40.3 Å². The molecule has 0 spiro atoms. The molecule has 1 rings (SSSR count). The molecular weight excluding hydrogens is 268 g/mol. The van der Waals surface area contributed by atoms with Gasteiger partial charge in [-0.3, -0.25) is 9.79 Å². The molecule has 0 saturated carbocycles. The Labute approximate surface area is 112 Å².